The molecule has 7 nitrogen and oxygen atoms in total. The lowest BCUT2D eigenvalue weighted by molar-refractivity contribution is 0.258. The largest absolute Gasteiger partial charge is 0.468 e. The molecule has 1 atom stereocenters. The highest BCUT2D eigenvalue weighted by Gasteiger charge is 2.19. The Kier molecular flexibility index (Phi) is 6.85. The lowest BCUT2D eigenvalue weighted by Crippen LogP contribution is -2.41. The van der Waals surface area contributed by atoms with Crippen molar-refractivity contribution in [2.75, 3.05) is 27.2 Å². The van der Waals surface area contributed by atoms with Crippen molar-refractivity contribution >= 4 is 5.96 Å². The van der Waals surface area contributed by atoms with Crippen molar-refractivity contribution in [3.8, 4) is 0 Å². The number of hydrogen-bond acceptors (Lipinski definition) is 5. The summed E-state index contributed by atoms with van der Waals surface area (Å²) in [7, 11) is 4.06. The van der Waals surface area contributed by atoms with Gasteiger partial charge in [0.25, 0.3) is 0 Å². The Balaban J connectivity index is 2.01. The summed E-state index contributed by atoms with van der Waals surface area (Å²) in [4.78, 5) is 11.0. The Bertz CT molecular complexity index is 683. The number of hydrogen-bond donors (Lipinski definition) is 2. The van der Waals surface area contributed by atoms with E-state index in [-0.39, 0.29) is 11.5 Å². The van der Waals surface area contributed by atoms with Crippen LogP contribution in [0.1, 0.15) is 51.1 Å². The van der Waals surface area contributed by atoms with Gasteiger partial charge < -0.3 is 19.5 Å². The van der Waals surface area contributed by atoms with Crippen molar-refractivity contribution in [1.82, 2.24) is 20.5 Å². The van der Waals surface area contributed by atoms with Crippen LogP contribution in [-0.4, -0.2) is 43.0 Å². The van der Waals surface area contributed by atoms with Crippen LogP contribution in [0.3, 0.4) is 0 Å². The van der Waals surface area contributed by atoms with Crippen LogP contribution in [0.25, 0.3) is 0 Å². The number of nitrogens with one attached hydrogen (secondary N) is 2. The summed E-state index contributed by atoms with van der Waals surface area (Å²) in [6, 6.07) is 4.00. The fourth-order valence-corrected chi connectivity index (χ4v) is 2.43. The van der Waals surface area contributed by atoms with E-state index in [1.165, 1.54) is 0 Å². The first-order valence-corrected chi connectivity index (χ1v) is 8.98. The van der Waals surface area contributed by atoms with E-state index in [0.717, 1.165) is 24.0 Å². The molecule has 0 radical (unpaired) electrons. The molecule has 2 N–H and O–H groups in total. The summed E-state index contributed by atoms with van der Waals surface area (Å²) in [5.74, 6) is 3.12. The molecule has 26 heavy (non-hydrogen) atoms. The van der Waals surface area contributed by atoms with Gasteiger partial charge in [0.05, 0.1) is 18.5 Å². The zero-order chi connectivity index (χ0) is 19.2. The van der Waals surface area contributed by atoms with Crippen molar-refractivity contribution in [2.45, 2.75) is 45.7 Å². The van der Waals surface area contributed by atoms with Crippen LogP contribution in [0, 0.1) is 0 Å². The van der Waals surface area contributed by atoms with Gasteiger partial charge in [-0.25, -0.2) is 9.98 Å². The summed E-state index contributed by atoms with van der Waals surface area (Å²) in [6.45, 7) is 10.2. The maximum Gasteiger partial charge on any atom is 0.216 e. The number of nitrogens with zero attached hydrogens (tertiary/aromatic N) is 3. The minimum atomic E-state index is -0.0559. The van der Waals surface area contributed by atoms with Crippen LogP contribution in [0.4, 0.5) is 0 Å². The van der Waals surface area contributed by atoms with Crippen molar-refractivity contribution in [1.29, 1.82) is 0 Å². The van der Waals surface area contributed by atoms with Crippen LogP contribution in [0.2, 0.25) is 0 Å². The molecule has 0 aliphatic carbocycles. The van der Waals surface area contributed by atoms with Gasteiger partial charge in [0.1, 0.15) is 18.1 Å². The molecule has 0 amide bonds. The van der Waals surface area contributed by atoms with Crippen LogP contribution in [-0.2, 0) is 12.0 Å². The second-order valence-corrected chi connectivity index (χ2v) is 7.44. The van der Waals surface area contributed by atoms with E-state index >= 15 is 0 Å². The number of aromatic nitrogens is 1. The molecular weight excluding hydrogens is 330 g/mol. The minimum Gasteiger partial charge on any atom is -0.468 e. The van der Waals surface area contributed by atoms with E-state index in [1.54, 1.807) is 12.5 Å². The van der Waals surface area contributed by atoms with Crippen molar-refractivity contribution < 1.29 is 8.83 Å². The lowest BCUT2D eigenvalue weighted by atomic mass is 9.94. The lowest BCUT2D eigenvalue weighted by Gasteiger charge is -2.23. The quantitative estimate of drug-likeness (QED) is 0.583. The van der Waals surface area contributed by atoms with Gasteiger partial charge >= 0.3 is 0 Å². The van der Waals surface area contributed by atoms with E-state index in [0.29, 0.717) is 19.0 Å². The van der Waals surface area contributed by atoms with Gasteiger partial charge in [-0.15, -0.1) is 0 Å². The van der Waals surface area contributed by atoms with Crippen molar-refractivity contribution in [3.63, 3.8) is 0 Å². The highest BCUT2D eigenvalue weighted by atomic mass is 16.4. The maximum atomic E-state index is 5.80. The third kappa shape index (κ3) is 5.62. The molecule has 0 aliphatic rings. The molecule has 2 aromatic rings. The zero-order valence-electron chi connectivity index (χ0n) is 16.7. The first-order valence-electron chi connectivity index (χ1n) is 8.98. The van der Waals surface area contributed by atoms with E-state index in [9.17, 15) is 0 Å². The normalized spacial score (nSPS) is 13.9. The summed E-state index contributed by atoms with van der Waals surface area (Å²) in [5.41, 5.74) is -0.0559. The second-order valence-electron chi connectivity index (χ2n) is 7.44. The first-order chi connectivity index (χ1) is 12.3. The Hall–Kier alpha value is -2.28. The summed E-state index contributed by atoms with van der Waals surface area (Å²) < 4.78 is 11.3. The topological polar surface area (TPSA) is 78.8 Å². The Morgan fingerprint density at radius 3 is 2.62 bits per heavy atom. The molecule has 0 spiro atoms. The number of furan rings is 1. The molecule has 144 valence electrons. The number of likely N-dealkylation sites (N-methyl/N-ethyl adjacent to an activating group) is 1. The number of rotatable bonds is 7. The van der Waals surface area contributed by atoms with Crippen LogP contribution >= 0.6 is 0 Å². The van der Waals surface area contributed by atoms with Gasteiger partial charge in [0.2, 0.25) is 5.89 Å². The molecule has 0 aliphatic heterocycles. The fourth-order valence-electron chi connectivity index (χ4n) is 2.43. The third-order valence-electron chi connectivity index (χ3n) is 3.97. The van der Waals surface area contributed by atoms with E-state index < -0.39 is 0 Å². The third-order valence-corrected chi connectivity index (χ3v) is 3.97. The van der Waals surface area contributed by atoms with Crippen LogP contribution in [0.5, 0.6) is 0 Å². The molecule has 0 aromatic carbocycles. The highest BCUT2D eigenvalue weighted by Crippen LogP contribution is 2.22. The fraction of sp³-hybridized carbons (Fsp3) is 0.579. The zero-order valence-corrected chi connectivity index (χ0v) is 16.7. The first kappa shape index (κ1) is 20.0. The van der Waals surface area contributed by atoms with Crippen molar-refractivity contribution in [3.05, 3.63) is 42.0 Å². The summed E-state index contributed by atoms with van der Waals surface area (Å²) in [6.07, 6.45) is 3.48. The molecule has 2 rings (SSSR count). The SMILES string of the molecule is CCNC(=NCc1ncc(C(C)(C)C)o1)NCC(c1ccco1)N(C)C. The van der Waals surface area contributed by atoms with Gasteiger partial charge in [-0.2, -0.15) is 0 Å². The van der Waals surface area contributed by atoms with Gasteiger partial charge in [-0.1, -0.05) is 20.8 Å². The highest BCUT2D eigenvalue weighted by molar-refractivity contribution is 5.79. The smallest absolute Gasteiger partial charge is 0.216 e. The summed E-state index contributed by atoms with van der Waals surface area (Å²) in [5, 5.41) is 6.62. The molecule has 0 saturated carbocycles. The maximum absolute atomic E-state index is 5.80. The predicted octanol–water partition coefficient (Wildman–Crippen LogP) is 2.92. The van der Waals surface area contributed by atoms with Crippen LogP contribution < -0.4 is 10.6 Å². The number of aliphatic imine (C=N–C) groups is 1. The molecule has 0 saturated heterocycles. The molecule has 2 heterocycles. The molecule has 1 unspecified atom stereocenters. The number of guanidine groups is 1. The Labute approximate surface area is 155 Å². The standard InChI is InChI=1S/C19H31N5O2/c1-7-20-18(22-11-14(24(5)6)15-9-8-10-25-15)23-13-17-21-12-16(26-17)19(2,3)4/h8-10,12,14H,7,11,13H2,1-6H3,(H2,20,22,23). The minimum absolute atomic E-state index is 0.0559. The number of oxazole rings is 1. The summed E-state index contributed by atoms with van der Waals surface area (Å²) >= 11 is 0. The predicted molar refractivity (Wildman–Crippen MR) is 103 cm³/mol. The van der Waals surface area contributed by atoms with Gasteiger partial charge in [-0.05, 0) is 33.2 Å². The molecule has 0 bridgehead atoms. The molecule has 0 fully saturated rings. The molecular formula is C19H31N5O2. The Morgan fingerprint density at radius 2 is 2.08 bits per heavy atom. The van der Waals surface area contributed by atoms with Crippen LogP contribution in [0.15, 0.2) is 38.4 Å². The van der Waals surface area contributed by atoms with Gasteiger partial charge in [0, 0.05) is 18.5 Å². The van der Waals surface area contributed by atoms with E-state index in [2.05, 4.69) is 46.3 Å². The Morgan fingerprint density at radius 1 is 1.31 bits per heavy atom. The van der Waals surface area contributed by atoms with Gasteiger partial charge in [-0.3, -0.25) is 4.90 Å². The monoisotopic (exact) mass is 361 g/mol. The van der Waals surface area contributed by atoms with Gasteiger partial charge in [0.15, 0.2) is 5.96 Å². The van der Waals surface area contributed by atoms with E-state index in [4.69, 9.17) is 8.83 Å². The average Bonchev–Trinajstić information content (AvgIpc) is 3.23. The van der Waals surface area contributed by atoms with Crippen molar-refractivity contribution in [2.24, 2.45) is 4.99 Å². The molecule has 2 aromatic heterocycles. The molecule has 7 heteroatoms. The second kappa shape index (κ2) is 8.89. The average molecular weight is 361 g/mol. The van der Waals surface area contributed by atoms with E-state index in [1.807, 2.05) is 33.2 Å².